The van der Waals surface area contributed by atoms with Crippen LogP contribution >= 0.6 is 15.9 Å². The van der Waals surface area contributed by atoms with E-state index in [0.717, 1.165) is 6.07 Å². The maximum Gasteiger partial charge on any atom is 0.273 e. The van der Waals surface area contributed by atoms with Crippen LogP contribution in [0.4, 0.5) is 15.8 Å². The van der Waals surface area contributed by atoms with E-state index in [1.165, 1.54) is 37.3 Å². The number of nitro groups is 1. The molecular weight excluding hydrogens is 343 g/mol. The molecule has 0 aromatic heterocycles. The molecule has 1 amide bonds. The number of benzene rings is 2. The van der Waals surface area contributed by atoms with Gasteiger partial charge in [-0.25, -0.2) is 4.39 Å². The van der Waals surface area contributed by atoms with Crippen molar-refractivity contribution in [1.82, 2.24) is 0 Å². The lowest BCUT2D eigenvalue weighted by molar-refractivity contribution is -0.385. The summed E-state index contributed by atoms with van der Waals surface area (Å²) < 4.78 is 13.7. The predicted octanol–water partition coefficient (Wildman–Crippen LogP) is 4.06. The quantitative estimate of drug-likeness (QED) is 0.668. The molecule has 0 bridgehead atoms. The SMILES string of the molecule is Cc1c(C(=O)Nc2cc(F)ccc2Br)cccc1[N+](=O)[O-]. The Labute approximate surface area is 128 Å². The van der Waals surface area contributed by atoms with Gasteiger partial charge in [-0.15, -0.1) is 0 Å². The van der Waals surface area contributed by atoms with Crippen LogP contribution in [0.5, 0.6) is 0 Å². The number of halogens is 2. The van der Waals surface area contributed by atoms with Gasteiger partial charge in [0.25, 0.3) is 11.6 Å². The van der Waals surface area contributed by atoms with Gasteiger partial charge in [0.05, 0.1) is 10.6 Å². The van der Waals surface area contributed by atoms with Crippen LogP contribution in [0, 0.1) is 22.9 Å². The molecule has 2 aromatic carbocycles. The molecule has 0 aliphatic heterocycles. The lowest BCUT2D eigenvalue weighted by Gasteiger charge is -2.09. The fraction of sp³-hybridized carbons (Fsp3) is 0.0714. The summed E-state index contributed by atoms with van der Waals surface area (Å²) in [4.78, 5) is 22.5. The fourth-order valence-electron chi connectivity index (χ4n) is 1.85. The third-order valence-electron chi connectivity index (χ3n) is 2.92. The molecule has 0 aliphatic rings. The highest BCUT2D eigenvalue weighted by molar-refractivity contribution is 9.10. The zero-order valence-electron chi connectivity index (χ0n) is 10.9. The van der Waals surface area contributed by atoms with Gasteiger partial charge in [-0.3, -0.25) is 14.9 Å². The molecule has 0 fully saturated rings. The number of nitrogens with one attached hydrogen (secondary N) is 1. The third-order valence-corrected chi connectivity index (χ3v) is 3.61. The van der Waals surface area contributed by atoms with Gasteiger partial charge in [0.2, 0.25) is 0 Å². The Morgan fingerprint density at radius 2 is 2.05 bits per heavy atom. The van der Waals surface area contributed by atoms with Gasteiger partial charge < -0.3 is 5.32 Å². The maximum atomic E-state index is 13.2. The Balaban J connectivity index is 2.35. The summed E-state index contributed by atoms with van der Waals surface area (Å²) in [6.45, 7) is 1.49. The van der Waals surface area contributed by atoms with Crippen LogP contribution in [-0.4, -0.2) is 10.8 Å². The van der Waals surface area contributed by atoms with Gasteiger partial charge >= 0.3 is 0 Å². The molecule has 2 rings (SSSR count). The molecule has 0 saturated carbocycles. The Morgan fingerprint density at radius 1 is 1.33 bits per heavy atom. The molecule has 7 heteroatoms. The van der Waals surface area contributed by atoms with Crippen LogP contribution in [-0.2, 0) is 0 Å². The first-order valence-electron chi connectivity index (χ1n) is 5.90. The Kier molecular flexibility index (Phi) is 4.32. The average Bonchev–Trinajstić information content (AvgIpc) is 2.42. The molecule has 0 saturated heterocycles. The summed E-state index contributed by atoms with van der Waals surface area (Å²) in [5.74, 6) is -1.04. The van der Waals surface area contributed by atoms with Crippen molar-refractivity contribution in [2.45, 2.75) is 6.92 Å². The molecule has 21 heavy (non-hydrogen) atoms. The second kappa shape index (κ2) is 6.01. The smallest absolute Gasteiger partial charge is 0.273 e. The Morgan fingerprint density at radius 3 is 2.71 bits per heavy atom. The van der Waals surface area contributed by atoms with Gasteiger partial charge in [0, 0.05) is 21.7 Å². The zero-order chi connectivity index (χ0) is 15.6. The van der Waals surface area contributed by atoms with Gasteiger partial charge in [0.1, 0.15) is 5.82 Å². The normalized spacial score (nSPS) is 10.2. The van der Waals surface area contributed by atoms with Crippen molar-refractivity contribution in [3.63, 3.8) is 0 Å². The fourth-order valence-corrected chi connectivity index (χ4v) is 2.20. The van der Waals surface area contributed by atoms with Crippen molar-refractivity contribution < 1.29 is 14.1 Å². The molecule has 1 N–H and O–H groups in total. The van der Waals surface area contributed by atoms with E-state index < -0.39 is 16.6 Å². The minimum Gasteiger partial charge on any atom is -0.321 e. The van der Waals surface area contributed by atoms with Crippen molar-refractivity contribution >= 4 is 33.2 Å². The summed E-state index contributed by atoms with van der Waals surface area (Å²) in [6, 6.07) is 8.11. The average molecular weight is 353 g/mol. The number of hydrogen-bond acceptors (Lipinski definition) is 3. The summed E-state index contributed by atoms with van der Waals surface area (Å²) in [7, 11) is 0. The van der Waals surface area contributed by atoms with Crippen LogP contribution in [0.15, 0.2) is 40.9 Å². The minimum absolute atomic E-state index is 0.138. The number of carbonyl (C=O) groups is 1. The molecule has 0 heterocycles. The standard InChI is InChI=1S/C14H10BrFN2O3/c1-8-10(3-2-4-13(8)18(20)21)14(19)17-12-7-9(16)5-6-11(12)15/h2-7H,1H3,(H,17,19). The van der Waals surface area contributed by atoms with E-state index in [9.17, 15) is 19.3 Å². The van der Waals surface area contributed by atoms with Crippen LogP contribution in [0.1, 0.15) is 15.9 Å². The van der Waals surface area contributed by atoms with E-state index in [1.807, 2.05) is 0 Å². The summed E-state index contributed by atoms with van der Waals surface area (Å²) in [5.41, 5.74) is 0.541. The Hall–Kier alpha value is -2.28. The first-order chi connectivity index (χ1) is 9.90. The summed E-state index contributed by atoms with van der Waals surface area (Å²) >= 11 is 3.20. The predicted molar refractivity (Wildman–Crippen MR) is 79.9 cm³/mol. The first-order valence-corrected chi connectivity index (χ1v) is 6.70. The molecule has 0 aliphatic carbocycles. The Bertz CT molecular complexity index is 734. The zero-order valence-corrected chi connectivity index (χ0v) is 12.5. The summed E-state index contributed by atoms with van der Waals surface area (Å²) in [5, 5.41) is 13.4. The molecule has 2 aromatic rings. The number of anilines is 1. The van der Waals surface area contributed by atoms with Crippen LogP contribution in [0.25, 0.3) is 0 Å². The maximum absolute atomic E-state index is 13.2. The highest BCUT2D eigenvalue weighted by Crippen LogP contribution is 2.26. The van der Waals surface area contributed by atoms with E-state index >= 15 is 0 Å². The number of carbonyl (C=O) groups excluding carboxylic acids is 1. The van der Waals surface area contributed by atoms with E-state index in [0.29, 0.717) is 4.47 Å². The highest BCUT2D eigenvalue weighted by Gasteiger charge is 2.18. The lowest BCUT2D eigenvalue weighted by atomic mass is 10.1. The highest BCUT2D eigenvalue weighted by atomic mass is 79.9. The van der Waals surface area contributed by atoms with Crippen molar-refractivity contribution in [1.29, 1.82) is 0 Å². The number of nitrogens with zero attached hydrogens (tertiary/aromatic N) is 1. The van der Waals surface area contributed by atoms with Crippen molar-refractivity contribution in [3.8, 4) is 0 Å². The van der Waals surface area contributed by atoms with E-state index in [-0.39, 0.29) is 22.5 Å². The first kappa shape index (κ1) is 15.1. The molecule has 108 valence electrons. The molecule has 0 spiro atoms. The topological polar surface area (TPSA) is 72.2 Å². The van der Waals surface area contributed by atoms with E-state index in [2.05, 4.69) is 21.2 Å². The molecule has 0 atom stereocenters. The van der Waals surface area contributed by atoms with Gasteiger partial charge in [0.15, 0.2) is 0 Å². The number of amides is 1. The lowest BCUT2D eigenvalue weighted by Crippen LogP contribution is -2.14. The van der Waals surface area contributed by atoms with Crippen molar-refractivity contribution in [2.24, 2.45) is 0 Å². The molecule has 0 radical (unpaired) electrons. The second-order valence-corrected chi connectivity index (χ2v) is 5.14. The van der Waals surface area contributed by atoms with Crippen LogP contribution in [0.2, 0.25) is 0 Å². The van der Waals surface area contributed by atoms with Gasteiger partial charge in [-0.05, 0) is 47.1 Å². The second-order valence-electron chi connectivity index (χ2n) is 4.29. The van der Waals surface area contributed by atoms with E-state index in [4.69, 9.17) is 0 Å². The number of nitro benzene ring substituents is 1. The van der Waals surface area contributed by atoms with Gasteiger partial charge in [-0.2, -0.15) is 0 Å². The number of rotatable bonds is 3. The van der Waals surface area contributed by atoms with Gasteiger partial charge in [-0.1, -0.05) is 6.07 Å². The van der Waals surface area contributed by atoms with E-state index in [1.54, 1.807) is 0 Å². The van der Waals surface area contributed by atoms with Crippen molar-refractivity contribution in [3.05, 3.63) is 67.9 Å². The molecule has 0 unspecified atom stereocenters. The van der Waals surface area contributed by atoms with Crippen molar-refractivity contribution in [2.75, 3.05) is 5.32 Å². The monoisotopic (exact) mass is 352 g/mol. The van der Waals surface area contributed by atoms with Crippen LogP contribution < -0.4 is 5.32 Å². The molecular formula is C14H10BrFN2O3. The largest absolute Gasteiger partial charge is 0.321 e. The third kappa shape index (κ3) is 3.25. The minimum atomic E-state index is -0.551. The number of hydrogen-bond donors (Lipinski definition) is 1. The van der Waals surface area contributed by atoms with Crippen LogP contribution in [0.3, 0.4) is 0 Å². The summed E-state index contributed by atoms with van der Waals surface area (Å²) in [6.07, 6.45) is 0. The molecule has 5 nitrogen and oxygen atoms in total.